The van der Waals surface area contributed by atoms with Crippen LogP contribution in [0.4, 0.5) is 4.39 Å². The zero-order chi connectivity index (χ0) is 24.5. The van der Waals surface area contributed by atoms with Crippen LogP contribution in [0, 0.1) is 5.82 Å². The number of benzene rings is 2. The quantitative estimate of drug-likeness (QED) is 0.352. The molecule has 2 N–H and O–H groups in total. The number of hydrogen-bond acceptors (Lipinski definition) is 5. The van der Waals surface area contributed by atoms with E-state index in [-0.39, 0.29) is 23.7 Å². The molecule has 9 nitrogen and oxygen atoms in total. The lowest BCUT2D eigenvalue weighted by Gasteiger charge is -2.09. The van der Waals surface area contributed by atoms with Crippen molar-refractivity contribution >= 4 is 22.2 Å². The van der Waals surface area contributed by atoms with Gasteiger partial charge in [0.1, 0.15) is 35.3 Å². The molecule has 0 aliphatic carbocycles. The molecule has 5 rings (SSSR count). The highest BCUT2D eigenvalue weighted by Gasteiger charge is 2.17. The van der Waals surface area contributed by atoms with Gasteiger partial charge in [0.05, 0.1) is 11.0 Å². The molecule has 0 radical (unpaired) electrons. The average molecular weight is 477 g/mol. The lowest BCUT2D eigenvalue weighted by atomic mass is 10.2. The van der Waals surface area contributed by atoms with Crippen molar-refractivity contribution in [2.24, 2.45) is 0 Å². The minimum atomic E-state index is -0.358. The molecule has 0 spiro atoms. The number of aromatic nitrogens is 6. The van der Waals surface area contributed by atoms with Crippen LogP contribution in [0.1, 0.15) is 32.5 Å². The zero-order valence-electron chi connectivity index (χ0n) is 19.5. The summed E-state index contributed by atoms with van der Waals surface area (Å²) in [5.41, 5.74) is 2.04. The number of H-pyrrole nitrogens is 2. The van der Waals surface area contributed by atoms with E-state index in [9.17, 15) is 14.0 Å². The molecule has 0 bridgehead atoms. The highest BCUT2D eigenvalue weighted by atomic mass is 19.1. The number of imidazole rings is 2. The van der Waals surface area contributed by atoms with E-state index in [0.29, 0.717) is 59.1 Å². The summed E-state index contributed by atoms with van der Waals surface area (Å²) < 4.78 is 22.0. The van der Waals surface area contributed by atoms with Gasteiger partial charge in [-0.15, -0.1) is 0 Å². The van der Waals surface area contributed by atoms with Crippen molar-refractivity contribution in [1.29, 1.82) is 0 Å². The molecule has 0 fully saturated rings. The maximum atomic E-state index is 13.4. The Morgan fingerprint density at radius 3 is 2.43 bits per heavy atom. The van der Waals surface area contributed by atoms with Crippen LogP contribution < -0.4 is 16.0 Å². The highest BCUT2D eigenvalue weighted by molar-refractivity contribution is 5.76. The molecule has 3 aromatic heterocycles. The SMILES string of the molecule is CCCn1c(=O)c2[nH]c(-c3ccc(OCc4nc5ccc(F)cc5[nH]4)cc3)nc2n(CCC)c1=O. The number of hydrogen-bond donors (Lipinski definition) is 2. The Hall–Kier alpha value is -4.21. The Labute approximate surface area is 199 Å². The van der Waals surface area contributed by atoms with Crippen molar-refractivity contribution in [1.82, 2.24) is 29.1 Å². The molecule has 0 aliphatic heterocycles. The smallest absolute Gasteiger partial charge is 0.332 e. The van der Waals surface area contributed by atoms with E-state index in [0.717, 1.165) is 12.0 Å². The lowest BCUT2D eigenvalue weighted by Crippen LogP contribution is -2.40. The molecular formula is C25H25FN6O3. The van der Waals surface area contributed by atoms with E-state index in [1.165, 1.54) is 16.7 Å². The van der Waals surface area contributed by atoms with Crippen molar-refractivity contribution in [3.63, 3.8) is 0 Å². The molecule has 0 atom stereocenters. The Morgan fingerprint density at radius 2 is 1.69 bits per heavy atom. The summed E-state index contributed by atoms with van der Waals surface area (Å²) in [7, 11) is 0. The number of fused-ring (bicyclic) bond motifs is 2. The van der Waals surface area contributed by atoms with Gasteiger partial charge in [0.15, 0.2) is 5.65 Å². The third-order valence-electron chi connectivity index (χ3n) is 5.75. The van der Waals surface area contributed by atoms with Gasteiger partial charge in [-0.1, -0.05) is 13.8 Å². The predicted octanol–water partition coefficient (Wildman–Crippen LogP) is 3.97. The molecular weight excluding hydrogens is 451 g/mol. The first-order chi connectivity index (χ1) is 17.0. The molecule has 0 unspecified atom stereocenters. The summed E-state index contributed by atoms with van der Waals surface area (Å²) in [4.78, 5) is 40.9. The first-order valence-electron chi connectivity index (χ1n) is 11.6. The van der Waals surface area contributed by atoms with Crippen molar-refractivity contribution in [2.75, 3.05) is 0 Å². The molecule has 180 valence electrons. The van der Waals surface area contributed by atoms with Crippen LogP contribution in [-0.2, 0) is 19.7 Å². The van der Waals surface area contributed by atoms with Gasteiger partial charge in [-0.2, -0.15) is 0 Å². The molecule has 0 saturated carbocycles. The fraction of sp³-hybridized carbons (Fsp3) is 0.280. The number of halogens is 1. The van der Waals surface area contributed by atoms with Crippen molar-refractivity contribution in [3.05, 3.63) is 74.9 Å². The second-order valence-electron chi connectivity index (χ2n) is 8.33. The molecule has 5 aromatic rings. The van der Waals surface area contributed by atoms with Crippen molar-refractivity contribution < 1.29 is 9.13 Å². The fourth-order valence-corrected chi connectivity index (χ4v) is 4.11. The van der Waals surface area contributed by atoms with Crippen LogP contribution in [0.25, 0.3) is 33.6 Å². The molecule has 10 heteroatoms. The molecule has 0 amide bonds. The standard InChI is InChI=1S/C25H25FN6O3/c1-3-11-31-23-21(24(33)32(12-4-2)25(31)34)29-22(30-23)15-5-8-17(9-6-15)35-14-20-27-18-10-7-16(26)13-19(18)28-20/h5-10,13H,3-4,11-12,14H2,1-2H3,(H,27,28)(H,29,30). The van der Waals surface area contributed by atoms with Gasteiger partial charge in [-0.3, -0.25) is 13.9 Å². The van der Waals surface area contributed by atoms with Gasteiger partial charge in [0.2, 0.25) is 0 Å². The minimum Gasteiger partial charge on any atom is -0.486 e. The molecule has 0 aliphatic rings. The first-order valence-corrected chi connectivity index (χ1v) is 11.6. The van der Waals surface area contributed by atoms with Crippen molar-refractivity contribution in [3.8, 4) is 17.1 Å². The van der Waals surface area contributed by atoms with Gasteiger partial charge >= 0.3 is 5.69 Å². The van der Waals surface area contributed by atoms with E-state index >= 15 is 0 Å². The van der Waals surface area contributed by atoms with Gasteiger partial charge in [0, 0.05) is 18.7 Å². The number of ether oxygens (including phenoxy) is 1. The number of aryl methyl sites for hydroxylation is 1. The number of nitrogens with one attached hydrogen (secondary N) is 2. The number of rotatable bonds is 8. The Kier molecular flexibility index (Phi) is 5.94. The van der Waals surface area contributed by atoms with E-state index < -0.39 is 0 Å². The van der Waals surface area contributed by atoms with Crippen molar-refractivity contribution in [2.45, 2.75) is 46.4 Å². The second-order valence-corrected chi connectivity index (χ2v) is 8.33. The van der Waals surface area contributed by atoms with E-state index in [2.05, 4.69) is 19.9 Å². The van der Waals surface area contributed by atoms with E-state index in [1.807, 2.05) is 26.0 Å². The summed E-state index contributed by atoms with van der Waals surface area (Å²) in [6.07, 6.45) is 1.42. The van der Waals surface area contributed by atoms with Gasteiger partial charge in [-0.05, 0) is 55.3 Å². The second kappa shape index (κ2) is 9.21. The summed E-state index contributed by atoms with van der Waals surface area (Å²) in [5, 5.41) is 0. The summed E-state index contributed by atoms with van der Waals surface area (Å²) in [6, 6.07) is 11.6. The Morgan fingerprint density at radius 1 is 0.943 bits per heavy atom. The van der Waals surface area contributed by atoms with Crippen LogP contribution >= 0.6 is 0 Å². The van der Waals surface area contributed by atoms with Crippen LogP contribution in [0.15, 0.2) is 52.1 Å². The Bertz CT molecular complexity index is 1630. The van der Waals surface area contributed by atoms with Crippen LogP contribution in [0.3, 0.4) is 0 Å². The molecule has 2 aromatic carbocycles. The summed E-state index contributed by atoms with van der Waals surface area (Å²) in [5.74, 6) is 1.38. The van der Waals surface area contributed by atoms with Crippen LogP contribution in [0.2, 0.25) is 0 Å². The summed E-state index contributed by atoms with van der Waals surface area (Å²) >= 11 is 0. The number of nitrogens with zero attached hydrogens (tertiary/aromatic N) is 4. The largest absolute Gasteiger partial charge is 0.486 e. The topological polar surface area (TPSA) is 111 Å². The molecule has 35 heavy (non-hydrogen) atoms. The monoisotopic (exact) mass is 476 g/mol. The van der Waals surface area contributed by atoms with Gasteiger partial charge in [-0.25, -0.2) is 19.2 Å². The number of aromatic amines is 2. The van der Waals surface area contributed by atoms with E-state index in [4.69, 9.17) is 4.74 Å². The fourth-order valence-electron chi connectivity index (χ4n) is 4.11. The van der Waals surface area contributed by atoms with Crippen LogP contribution in [0.5, 0.6) is 5.75 Å². The zero-order valence-corrected chi connectivity index (χ0v) is 19.5. The highest BCUT2D eigenvalue weighted by Crippen LogP contribution is 2.22. The maximum absolute atomic E-state index is 13.4. The third kappa shape index (κ3) is 4.23. The van der Waals surface area contributed by atoms with Crippen LogP contribution in [-0.4, -0.2) is 29.1 Å². The maximum Gasteiger partial charge on any atom is 0.332 e. The Balaban J connectivity index is 1.41. The van der Waals surface area contributed by atoms with Gasteiger partial charge < -0.3 is 14.7 Å². The predicted molar refractivity (Wildman–Crippen MR) is 131 cm³/mol. The molecule has 0 saturated heterocycles. The van der Waals surface area contributed by atoms with E-state index in [1.54, 1.807) is 22.8 Å². The summed E-state index contributed by atoms with van der Waals surface area (Å²) in [6.45, 7) is 4.93. The third-order valence-corrected chi connectivity index (χ3v) is 5.75. The average Bonchev–Trinajstić information content (AvgIpc) is 3.48. The molecule has 3 heterocycles. The van der Waals surface area contributed by atoms with Gasteiger partial charge in [0.25, 0.3) is 5.56 Å². The normalized spacial score (nSPS) is 11.5. The lowest BCUT2D eigenvalue weighted by molar-refractivity contribution is 0.297. The minimum absolute atomic E-state index is 0.195. The first kappa shape index (κ1) is 22.6.